The molecule has 1 aromatic carbocycles. The first-order valence-electron chi connectivity index (χ1n) is 6.21. The normalized spacial score (nSPS) is 10.6. The van der Waals surface area contributed by atoms with Gasteiger partial charge in [0.2, 0.25) is 0 Å². The zero-order valence-corrected chi connectivity index (χ0v) is 11.3. The molecule has 0 aliphatic rings. The summed E-state index contributed by atoms with van der Waals surface area (Å²) in [5.74, 6) is 0.684. The van der Waals surface area contributed by atoms with Gasteiger partial charge in [-0.25, -0.2) is 0 Å². The molecule has 1 N–H and O–H groups in total. The van der Waals surface area contributed by atoms with Crippen LogP contribution < -0.4 is 10.1 Å². The number of amides is 1. The monoisotopic (exact) mass is 247 g/mol. The first-order chi connectivity index (χ1) is 8.63. The maximum atomic E-state index is 11.5. The van der Waals surface area contributed by atoms with Gasteiger partial charge in [-0.1, -0.05) is 29.8 Å². The van der Waals surface area contributed by atoms with E-state index in [-0.39, 0.29) is 12.5 Å². The highest BCUT2D eigenvalue weighted by atomic mass is 16.5. The SMILES string of the molecule is C/C=C/CCNC(=O)COc1ccc(C)cc1C. The topological polar surface area (TPSA) is 38.3 Å². The molecule has 18 heavy (non-hydrogen) atoms. The molecule has 0 aliphatic heterocycles. The van der Waals surface area contributed by atoms with Crippen molar-refractivity contribution in [2.45, 2.75) is 27.2 Å². The van der Waals surface area contributed by atoms with E-state index in [2.05, 4.69) is 5.32 Å². The van der Waals surface area contributed by atoms with Crippen molar-refractivity contribution in [3.63, 3.8) is 0 Å². The summed E-state index contributed by atoms with van der Waals surface area (Å²) in [6, 6.07) is 5.92. The predicted octanol–water partition coefficient (Wildman–Crippen LogP) is 2.76. The van der Waals surface area contributed by atoms with Crippen molar-refractivity contribution in [2.75, 3.05) is 13.2 Å². The average Bonchev–Trinajstić information content (AvgIpc) is 2.33. The van der Waals surface area contributed by atoms with Crippen LogP contribution in [0.25, 0.3) is 0 Å². The lowest BCUT2D eigenvalue weighted by atomic mass is 10.1. The second kappa shape index (κ2) is 7.54. The van der Waals surface area contributed by atoms with Crippen LogP contribution in [0.2, 0.25) is 0 Å². The number of carbonyl (C=O) groups excluding carboxylic acids is 1. The Balaban J connectivity index is 2.33. The van der Waals surface area contributed by atoms with Crippen LogP contribution in [0.15, 0.2) is 30.4 Å². The Bertz CT molecular complexity index is 425. The van der Waals surface area contributed by atoms with E-state index < -0.39 is 0 Å². The van der Waals surface area contributed by atoms with Crippen molar-refractivity contribution in [3.05, 3.63) is 41.5 Å². The third-order valence-corrected chi connectivity index (χ3v) is 2.56. The second-order valence-corrected chi connectivity index (χ2v) is 4.27. The van der Waals surface area contributed by atoms with Gasteiger partial charge in [0.1, 0.15) is 5.75 Å². The Morgan fingerprint density at radius 3 is 2.83 bits per heavy atom. The third kappa shape index (κ3) is 5.04. The van der Waals surface area contributed by atoms with Gasteiger partial charge in [-0.05, 0) is 38.8 Å². The van der Waals surface area contributed by atoms with Gasteiger partial charge in [0.05, 0.1) is 0 Å². The summed E-state index contributed by atoms with van der Waals surface area (Å²) in [5.41, 5.74) is 2.24. The molecule has 0 aliphatic carbocycles. The van der Waals surface area contributed by atoms with Crippen LogP contribution in [-0.4, -0.2) is 19.1 Å². The minimum atomic E-state index is -0.0838. The highest BCUT2D eigenvalue weighted by Gasteiger charge is 2.03. The van der Waals surface area contributed by atoms with Crippen molar-refractivity contribution in [1.29, 1.82) is 0 Å². The fraction of sp³-hybridized carbons (Fsp3) is 0.400. The van der Waals surface area contributed by atoms with E-state index in [1.54, 1.807) is 0 Å². The average molecular weight is 247 g/mol. The van der Waals surface area contributed by atoms with Crippen LogP contribution in [0.1, 0.15) is 24.5 Å². The maximum absolute atomic E-state index is 11.5. The van der Waals surface area contributed by atoms with Gasteiger partial charge in [-0.15, -0.1) is 0 Å². The zero-order valence-electron chi connectivity index (χ0n) is 11.3. The molecular formula is C15H21NO2. The van der Waals surface area contributed by atoms with E-state index >= 15 is 0 Å². The summed E-state index contributed by atoms with van der Waals surface area (Å²) < 4.78 is 5.48. The Labute approximate surface area is 109 Å². The maximum Gasteiger partial charge on any atom is 0.257 e. The summed E-state index contributed by atoms with van der Waals surface area (Å²) in [6.07, 6.45) is 4.84. The minimum absolute atomic E-state index is 0.0692. The Hall–Kier alpha value is -1.77. The molecule has 1 amide bonds. The molecule has 3 nitrogen and oxygen atoms in total. The molecule has 0 saturated carbocycles. The van der Waals surface area contributed by atoms with Gasteiger partial charge in [0.25, 0.3) is 5.91 Å². The number of carbonyl (C=O) groups is 1. The summed E-state index contributed by atoms with van der Waals surface area (Å²) in [7, 11) is 0. The largest absolute Gasteiger partial charge is 0.484 e. The van der Waals surface area contributed by atoms with Crippen molar-refractivity contribution in [3.8, 4) is 5.75 Å². The Morgan fingerprint density at radius 1 is 1.39 bits per heavy atom. The Morgan fingerprint density at radius 2 is 2.17 bits per heavy atom. The highest BCUT2D eigenvalue weighted by molar-refractivity contribution is 5.77. The molecule has 0 bridgehead atoms. The number of hydrogen-bond acceptors (Lipinski definition) is 2. The molecule has 98 valence electrons. The molecule has 0 radical (unpaired) electrons. The van der Waals surface area contributed by atoms with Gasteiger partial charge in [0, 0.05) is 6.54 Å². The van der Waals surface area contributed by atoms with Crippen LogP contribution >= 0.6 is 0 Å². The molecule has 0 spiro atoms. The highest BCUT2D eigenvalue weighted by Crippen LogP contribution is 2.18. The quantitative estimate of drug-likeness (QED) is 0.620. The number of hydrogen-bond donors (Lipinski definition) is 1. The summed E-state index contributed by atoms with van der Waals surface area (Å²) in [5, 5.41) is 2.80. The molecule has 0 saturated heterocycles. The number of ether oxygens (including phenoxy) is 1. The lowest BCUT2D eigenvalue weighted by molar-refractivity contribution is -0.123. The molecule has 1 rings (SSSR count). The van der Waals surface area contributed by atoms with Gasteiger partial charge in [-0.2, -0.15) is 0 Å². The predicted molar refractivity (Wildman–Crippen MR) is 73.9 cm³/mol. The molecule has 3 heteroatoms. The zero-order chi connectivity index (χ0) is 13.4. The Kier molecular flexibility index (Phi) is 5.98. The summed E-state index contributed by atoms with van der Waals surface area (Å²) in [6.45, 7) is 6.70. The molecule has 0 fully saturated rings. The van der Waals surface area contributed by atoms with E-state index in [9.17, 15) is 4.79 Å². The van der Waals surface area contributed by atoms with E-state index in [1.165, 1.54) is 5.56 Å². The molecular weight excluding hydrogens is 226 g/mol. The lowest BCUT2D eigenvalue weighted by Gasteiger charge is -2.09. The smallest absolute Gasteiger partial charge is 0.257 e. The minimum Gasteiger partial charge on any atom is -0.484 e. The summed E-state index contributed by atoms with van der Waals surface area (Å²) in [4.78, 5) is 11.5. The number of nitrogens with one attached hydrogen (secondary N) is 1. The number of rotatable bonds is 6. The van der Waals surface area contributed by atoms with E-state index in [0.29, 0.717) is 6.54 Å². The molecule has 1 aromatic rings. The molecule has 0 atom stereocenters. The summed E-state index contributed by atoms with van der Waals surface area (Å²) >= 11 is 0. The fourth-order valence-corrected chi connectivity index (χ4v) is 1.62. The third-order valence-electron chi connectivity index (χ3n) is 2.56. The van der Waals surface area contributed by atoms with Crippen molar-refractivity contribution in [1.82, 2.24) is 5.32 Å². The van der Waals surface area contributed by atoms with Crippen LogP contribution in [0.3, 0.4) is 0 Å². The first-order valence-corrected chi connectivity index (χ1v) is 6.21. The van der Waals surface area contributed by atoms with E-state index in [0.717, 1.165) is 17.7 Å². The number of benzene rings is 1. The van der Waals surface area contributed by atoms with E-state index in [1.807, 2.05) is 51.1 Å². The van der Waals surface area contributed by atoms with Crippen molar-refractivity contribution < 1.29 is 9.53 Å². The second-order valence-electron chi connectivity index (χ2n) is 4.27. The van der Waals surface area contributed by atoms with Crippen LogP contribution in [0.5, 0.6) is 5.75 Å². The van der Waals surface area contributed by atoms with Gasteiger partial charge in [-0.3, -0.25) is 4.79 Å². The standard InChI is InChI=1S/C15H21NO2/c1-4-5-6-9-16-15(17)11-18-14-8-7-12(2)10-13(14)3/h4-5,7-8,10H,6,9,11H2,1-3H3,(H,16,17)/b5-4+. The molecule has 0 unspecified atom stereocenters. The van der Waals surface area contributed by atoms with Crippen LogP contribution in [0, 0.1) is 13.8 Å². The number of allylic oxidation sites excluding steroid dienone is 1. The fourth-order valence-electron chi connectivity index (χ4n) is 1.62. The first kappa shape index (κ1) is 14.3. The van der Waals surface area contributed by atoms with Crippen LogP contribution in [0.4, 0.5) is 0 Å². The van der Waals surface area contributed by atoms with Crippen LogP contribution in [-0.2, 0) is 4.79 Å². The van der Waals surface area contributed by atoms with Gasteiger partial charge < -0.3 is 10.1 Å². The number of aryl methyl sites for hydroxylation is 2. The van der Waals surface area contributed by atoms with E-state index in [4.69, 9.17) is 4.74 Å². The van der Waals surface area contributed by atoms with Gasteiger partial charge in [0.15, 0.2) is 6.61 Å². The van der Waals surface area contributed by atoms with Gasteiger partial charge >= 0.3 is 0 Å². The lowest BCUT2D eigenvalue weighted by Crippen LogP contribution is -2.29. The van der Waals surface area contributed by atoms with Crippen molar-refractivity contribution >= 4 is 5.91 Å². The molecule has 0 heterocycles. The van der Waals surface area contributed by atoms with Crippen molar-refractivity contribution in [2.24, 2.45) is 0 Å². The molecule has 0 aromatic heterocycles.